The normalized spacial score (nSPS) is 16.7. The van der Waals surface area contributed by atoms with Crippen molar-refractivity contribution < 1.29 is 19.1 Å². The summed E-state index contributed by atoms with van der Waals surface area (Å²) >= 11 is 0. The molecule has 0 aliphatic carbocycles. The molecule has 2 aliphatic rings. The van der Waals surface area contributed by atoms with E-state index >= 15 is 0 Å². The summed E-state index contributed by atoms with van der Waals surface area (Å²) < 4.78 is 10.9. The first kappa shape index (κ1) is 24.8. The number of ether oxygens (including phenoxy) is 2. The molecular weight excluding hydrogens is 466 g/mol. The Morgan fingerprint density at radius 2 is 1.86 bits per heavy atom. The lowest BCUT2D eigenvalue weighted by Gasteiger charge is -2.32. The summed E-state index contributed by atoms with van der Waals surface area (Å²) in [6.45, 7) is 2.79. The molecule has 0 bridgehead atoms. The van der Waals surface area contributed by atoms with E-state index < -0.39 is 0 Å². The predicted octanol–water partition coefficient (Wildman–Crippen LogP) is 4.35. The summed E-state index contributed by atoms with van der Waals surface area (Å²) in [4.78, 5) is 28.4. The number of anilines is 2. The standard InChI is InChI=1S/C30H33N3O4/c1-36-25-11-8-21(9-12-25)17-29(34)32-24-10-13-28(33-15-14-22-5-2-3-6-23(22)20-33)27(18-24)30(35)31-19-26-7-4-16-37-26/h2-3,5-6,8-13,18,26H,4,7,14-17,19-20H2,1H3,(H,31,35)(H,32,34). The Hall–Kier alpha value is -3.84. The number of nitrogens with zero attached hydrogens (tertiary/aromatic N) is 1. The zero-order chi connectivity index (χ0) is 25.6. The lowest BCUT2D eigenvalue weighted by Crippen LogP contribution is -2.35. The Labute approximate surface area is 217 Å². The number of fused-ring (bicyclic) bond motifs is 1. The molecule has 5 rings (SSSR count). The summed E-state index contributed by atoms with van der Waals surface area (Å²) in [5.41, 5.74) is 5.53. The second kappa shape index (κ2) is 11.5. The minimum atomic E-state index is -0.157. The largest absolute Gasteiger partial charge is 0.497 e. The van der Waals surface area contributed by atoms with E-state index in [-0.39, 0.29) is 24.3 Å². The van der Waals surface area contributed by atoms with Gasteiger partial charge in [0.25, 0.3) is 5.91 Å². The average molecular weight is 500 g/mol. The van der Waals surface area contributed by atoms with Crippen molar-refractivity contribution in [3.8, 4) is 5.75 Å². The maximum absolute atomic E-state index is 13.4. The highest BCUT2D eigenvalue weighted by atomic mass is 16.5. The molecule has 192 valence electrons. The Morgan fingerprint density at radius 1 is 1.05 bits per heavy atom. The van der Waals surface area contributed by atoms with Crippen molar-refractivity contribution in [1.29, 1.82) is 0 Å². The molecule has 0 saturated carbocycles. The van der Waals surface area contributed by atoms with Gasteiger partial charge in [-0.15, -0.1) is 0 Å². The molecule has 1 fully saturated rings. The Balaban J connectivity index is 1.34. The fourth-order valence-electron chi connectivity index (χ4n) is 5.01. The summed E-state index contributed by atoms with van der Waals surface area (Å²) in [5.74, 6) is 0.449. The first-order chi connectivity index (χ1) is 18.1. The van der Waals surface area contributed by atoms with E-state index in [1.54, 1.807) is 13.2 Å². The Bertz CT molecular complexity index is 1250. The highest BCUT2D eigenvalue weighted by Crippen LogP contribution is 2.30. The van der Waals surface area contributed by atoms with Crippen molar-refractivity contribution >= 4 is 23.2 Å². The molecule has 1 unspecified atom stereocenters. The summed E-state index contributed by atoms with van der Waals surface area (Å²) in [5, 5.41) is 6.02. The third-order valence-corrected chi connectivity index (χ3v) is 7.03. The van der Waals surface area contributed by atoms with Gasteiger partial charge >= 0.3 is 0 Å². The van der Waals surface area contributed by atoms with Gasteiger partial charge in [0.2, 0.25) is 5.91 Å². The van der Waals surface area contributed by atoms with Gasteiger partial charge in [0.15, 0.2) is 0 Å². The topological polar surface area (TPSA) is 79.9 Å². The van der Waals surface area contributed by atoms with Gasteiger partial charge < -0.3 is 25.0 Å². The monoisotopic (exact) mass is 499 g/mol. The van der Waals surface area contributed by atoms with Crippen LogP contribution in [0.2, 0.25) is 0 Å². The van der Waals surface area contributed by atoms with Crippen LogP contribution in [0.3, 0.4) is 0 Å². The number of rotatable bonds is 8. The highest BCUT2D eigenvalue weighted by Gasteiger charge is 2.23. The molecule has 0 radical (unpaired) electrons. The lowest BCUT2D eigenvalue weighted by atomic mass is 9.98. The second-order valence-electron chi connectivity index (χ2n) is 9.59. The molecule has 2 aliphatic heterocycles. The number of nitrogens with one attached hydrogen (secondary N) is 2. The number of methoxy groups -OCH3 is 1. The van der Waals surface area contributed by atoms with E-state index in [0.29, 0.717) is 17.8 Å². The number of benzene rings is 3. The molecule has 2 heterocycles. The van der Waals surface area contributed by atoms with Gasteiger partial charge in [0.1, 0.15) is 5.75 Å². The zero-order valence-corrected chi connectivity index (χ0v) is 21.2. The van der Waals surface area contributed by atoms with Crippen LogP contribution in [0.25, 0.3) is 0 Å². The maximum Gasteiger partial charge on any atom is 0.253 e. The number of carbonyl (C=O) groups is 2. The van der Waals surface area contributed by atoms with Gasteiger partial charge in [-0.1, -0.05) is 36.4 Å². The maximum atomic E-state index is 13.4. The van der Waals surface area contributed by atoms with Gasteiger partial charge in [0, 0.05) is 37.6 Å². The van der Waals surface area contributed by atoms with Gasteiger partial charge in [-0.25, -0.2) is 0 Å². The van der Waals surface area contributed by atoms with Crippen LogP contribution in [0.4, 0.5) is 11.4 Å². The van der Waals surface area contributed by atoms with Crippen LogP contribution in [-0.2, 0) is 28.9 Å². The van der Waals surface area contributed by atoms with Gasteiger partial charge in [-0.05, 0) is 66.3 Å². The predicted molar refractivity (Wildman–Crippen MR) is 144 cm³/mol. The molecule has 1 saturated heterocycles. The van der Waals surface area contributed by atoms with E-state index in [1.807, 2.05) is 36.4 Å². The molecule has 37 heavy (non-hydrogen) atoms. The van der Waals surface area contributed by atoms with Crippen molar-refractivity contribution in [2.75, 3.05) is 37.0 Å². The van der Waals surface area contributed by atoms with E-state index in [2.05, 4.69) is 39.8 Å². The fraction of sp³-hybridized carbons (Fsp3) is 0.333. The molecule has 1 atom stereocenters. The molecule has 2 N–H and O–H groups in total. The van der Waals surface area contributed by atoms with Gasteiger partial charge in [0.05, 0.1) is 25.2 Å². The van der Waals surface area contributed by atoms with Crippen LogP contribution in [-0.4, -0.2) is 44.7 Å². The van der Waals surface area contributed by atoms with Crippen LogP contribution in [0.5, 0.6) is 5.75 Å². The second-order valence-corrected chi connectivity index (χ2v) is 9.59. The summed E-state index contributed by atoms with van der Waals surface area (Å²) in [6.07, 6.45) is 3.19. The number of hydrogen-bond acceptors (Lipinski definition) is 5. The summed E-state index contributed by atoms with van der Waals surface area (Å²) in [6, 6.07) is 21.5. The first-order valence-electron chi connectivity index (χ1n) is 12.9. The number of hydrogen-bond donors (Lipinski definition) is 2. The van der Waals surface area contributed by atoms with E-state index in [1.165, 1.54) is 11.1 Å². The van der Waals surface area contributed by atoms with Crippen LogP contribution < -0.4 is 20.3 Å². The fourth-order valence-corrected chi connectivity index (χ4v) is 5.01. The lowest BCUT2D eigenvalue weighted by molar-refractivity contribution is -0.115. The number of carbonyl (C=O) groups excluding carboxylic acids is 2. The van der Waals surface area contributed by atoms with Crippen molar-refractivity contribution in [2.45, 2.75) is 38.3 Å². The molecule has 7 nitrogen and oxygen atoms in total. The van der Waals surface area contributed by atoms with E-state index in [9.17, 15) is 9.59 Å². The number of amides is 2. The molecule has 2 amide bonds. The van der Waals surface area contributed by atoms with Crippen LogP contribution in [0, 0.1) is 0 Å². The third-order valence-electron chi connectivity index (χ3n) is 7.03. The van der Waals surface area contributed by atoms with Gasteiger partial charge in [-0.2, -0.15) is 0 Å². The summed E-state index contributed by atoms with van der Waals surface area (Å²) in [7, 11) is 1.61. The third kappa shape index (κ3) is 6.12. The molecule has 0 aromatic heterocycles. The van der Waals surface area contributed by atoms with Crippen LogP contribution >= 0.6 is 0 Å². The Kier molecular flexibility index (Phi) is 7.70. The van der Waals surface area contributed by atoms with Crippen molar-refractivity contribution in [1.82, 2.24) is 5.32 Å². The minimum Gasteiger partial charge on any atom is -0.497 e. The SMILES string of the molecule is COc1ccc(CC(=O)Nc2ccc(N3CCc4ccccc4C3)c(C(=O)NCC3CCCO3)c2)cc1. The highest BCUT2D eigenvalue weighted by molar-refractivity contribution is 6.02. The van der Waals surface area contributed by atoms with Crippen LogP contribution in [0.15, 0.2) is 66.7 Å². The van der Waals surface area contributed by atoms with Crippen LogP contribution in [0.1, 0.15) is 39.9 Å². The first-order valence-corrected chi connectivity index (χ1v) is 12.9. The average Bonchev–Trinajstić information content (AvgIpc) is 3.45. The quantitative estimate of drug-likeness (QED) is 0.482. The van der Waals surface area contributed by atoms with Gasteiger partial charge in [-0.3, -0.25) is 9.59 Å². The smallest absolute Gasteiger partial charge is 0.253 e. The molecule has 3 aromatic carbocycles. The minimum absolute atomic E-state index is 0.0571. The van der Waals surface area contributed by atoms with Crippen molar-refractivity contribution in [3.63, 3.8) is 0 Å². The van der Waals surface area contributed by atoms with Crippen molar-refractivity contribution in [3.05, 3.63) is 89.0 Å². The molecule has 0 spiro atoms. The molecule has 7 heteroatoms. The van der Waals surface area contributed by atoms with Crippen molar-refractivity contribution in [2.24, 2.45) is 0 Å². The molecular formula is C30H33N3O4. The van der Waals surface area contributed by atoms with E-state index in [4.69, 9.17) is 9.47 Å². The molecule has 3 aromatic rings. The zero-order valence-electron chi connectivity index (χ0n) is 21.2. The Morgan fingerprint density at radius 3 is 2.62 bits per heavy atom. The van der Waals surface area contributed by atoms with E-state index in [0.717, 1.165) is 56.0 Å².